The molecular formula is C23H28O4. The average Bonchev–Trinajstić information content (AvgIpc) is 2.68. The number of rotatable bonds is 7. The van der Waals surface area contributed by atoms with Crippen molar-refractivity contribution in [1.82, 2.24) is 0 Å². The van der Waals surface area contributed by atoms with Crippen LogP contribution in [0.1, 0.15) is 45.1 Å². The Bertz CT molecular complexity index is 715. The van der Waals surface area contributed by atoms with E-state index >= 15 is 0 Å². The maximum atomic E-state index is 11.0. The van der Waals surface area contributed by atoms with Gasteiger partial charge in [-0.05, 0) is 67.9 Å². The molecular weight excluding hydrogens is 340 g/mol. The van der Waals surface area contributed by atoms with Crippen molar-refractivity contribution < 1.29 is 19.0 Å². The van der Waals surface area contributed by atoms with E-state index in [1.165, 1.54) is 18.9 Å². The van der Waals surface area contributed by atoms with Crippen LogP contribution in [0.15, 0.2) is 48.5 Å². The fourth-order valence-electron chi connectivity index (χ4n) is 3.26. The molecule has 1 fully saturated rings. The molecule has 0 aromatic heterocycles. The molecule has 0 spiro atoms. The zero-order chi connectivity index (χ0) is 19.1. The van der Waals surface area contributed by atoms with Crippen LogP contribution >= 0.6 is 0 Å². The second-order valence-corrected chi connectivity index (χ2v) is 7.10. The monoisotopic (exact) mass is 368 g/mol. The van der Waals surface area contributed by atoms with Crippen LogP contribution in [0.25, 0.3) is 11.1 Å². The van der Waals surface area contributed by atoms with Gasteiger partial charge in [0, 0.05) is 13.5 Å². The summed E-state index contributed by atoms with van der Waals surface area (Å²) in [6, 6.07) is 16.2. The summed E-state index contributed by atoms with van der Waals surface area (Å²) < 4.78 is 16.7. The standard InChI is InChI=1S/C23H28O4/c1-17(26-23-5-3-4-16-25-23)6-7-19-8-10-20(11-9-19)21-12-14-22(15-13-21)27-18(2)24/h8-15,17,23H,3-7,16H2,1-2H3. The lowest BCUT2D eigenvalue weighted by Gasteiger charge is -2.26. The van der Waals surface area contributed by atoms with Gasteiger partial charge < -0.3 is 14.2 Å². The fraction of sp³-hybridized carbons (Fsp3) is 0.435. The number of carbonyl (C=O) groups excluding carboxylic acids is 1. The Morgan fingerprint density at radius 2 is 1.74 bits per heavy atom. The summed E-state index contributed by atoms with van der Waals surface area (Å²) in [7, 11) is 0. The molecule has 2 unspecified atom stereocenters. The zero-order valence-electron chi connectivity index (χ0n) is 16.1. The summed E-state index contributed by atoms with van der Waals surface area (Å²) >= 11 is 0. The van der Waals surface area contributed by atoms with E-state index in [1.54, 1.807) is 0 Å². The van der Waals surface area contributed by atoms with Crippen LogP contribution in [0.4, 0.5) is 0 Å². The molecule has 2 atom stereocenters. The van der Waals surface area contributed by atoms with Crippen molar-refractivity contribution in [2.75, 3.05) is 6.61 Å². The summed E-state index contributed by atoms with van der Waals surface area (Å²) in [5.74, 6) is 0.263. The highest BCUT2D eigenvalue weighted by molar-refractivity contribution is 5.70. The van der Waals surface area contributed by atoms with Gasteiger partial charge in [0.05, 0.1) is 6.10 Å². The van der Waals surface area contributed by atoms with Crippen molar-refractivity contribution in [3.63, 3.8) is 0 Å². The summed E-state index contributed by atoms with van der Waals surface area (Å²) in [5, 5.41) is 0. The van der Waals surface area contributed by atoms with Crippen molar-refractivity contribution in [3.05, 3.63) is 54.1 Å². The first-order valence-corrected chi connectivity index (χ1v) is 9.75. The minimum Gasteiger partial charge on any atom is -0.427 e. The quantitative estimate of drug-likeness (QED) is 0.501. The lowest BCUT2D eigenvalue weighted by atomic mass is 10.0. The van der Waals surface area contributed by atoms with Gasteiger partial charge >= 0.3 is 5.97 Å². The molecule has 1 aliphatic heterocycles. The molecule has 1 heterocycles. The van der Waals surface area contributed by atoms with Crippen molar-refractivity contribution in [2.45, 2.75) is 58.3 Å². The van der Waals surface area contributed by atoms with Gasteiger partial charge in [-0.1, -0.05) is 36.4 Å². The molecule has 27 heavy (non-hydrogen) atoms. The SMILES string of the molecule is CC(=O)Oc1ccc(-c2ccc(CCC(C)OC3CCCCO3)cc2)cc1. The highest BCUT2D eigenvalue weighted by atomic mass is 16.7. The van der Waals surface area contributed by atoms with Crippen LogP contribution < -0.4 is 4.74 Å². The van der Waals surface area contributed by atoms with E-state index in [9.17, 15) is 4.79 Å². The first-order chi connectivity index (χ1) is 13.1. The van der Waals surface area contributed by atoms with Crippen LogP contribution in [0, 0.1) is 0 Å². The molecule has 144 valence electrons. The molecule has 4 nitrogen and oxygen atoms in total. The van der Waals surface area contributed by atoms with Crippen molar-refractivity contribution in [2.24, 2.45) is 0 Å². The summed E-state index contributed by atoms with van der Waals surface area (Å²) in [6.45, 7) is 4.35. The van der Waals surface area contributed by atoms with Crippen molar-refractivity contribution in [1.29, 1.82) is 0 Å². The van der Waals surface area contributed by atoms with Crippen LogP contribution in [0.3, 0.4) is 0 Å². The molecule has 1 saturated heterocycles. The number of ether oxygens (including phenoxy) is 3. The first kappa shape index (κ1) is 19.6. The molecule has 0 radical (unpaired) electrons. The van der Waals surface area contributed by atoms with E-state index in [2.05, 4.69) is 31.2 Å². The summed E-state index contributed by atoms with van der Waals surface area (Å²) in [5.41, 5.74) is 3.55. The van der Waals surface area contributed by atoms with Gasteiger partial charge in [-0.3, -0.25) is 4.79 Å². The highest BCUT2D eigenvalue weighted by Gasteiger charge is 2.17. The minimum absolute atomic E-state index is 0.0221. The molecule has 3 rings (SSSR count). The highest BCUT2D eigenvalue weighted by Crippen LogP contribution is 2.24. The second kappa shape index (κ2) is 9.67. The topological polar surface area (TPSA) is 44.8 Å². The molecule has 0 saturated carbocycles. The molecule has 2 aromatic carbocycles. The van der Waals surface area contributed by atoms with Gasteiger partial charge in [0.15, 0.2) is 6.29 Å². The van der Waals surface area contributed by atoms with E-state index in [-0.39, 0.29) is 18.4 Å². The molecule has 0 amide bonds. The normalized spacial score (nSPS) is 18.1. The van der Waals surface area contributed by atoms with E-state index in [4.69, 9.17) is 14.2 Å². The molecule has 0 bridgehead atoms. The maximum absolute atomic E-state index is 11.0. The van der Waals surface area contributed by atoms with Crippen LogP contribution in [0.5, 0.6) is 5.75 Å². The van der Waals surface area contributed by atoms with Gasteiger partial charge in [0.1, 0.15) is 5.75 Å². The first-order valence-electron chi connectivity index (χ1n) is 9.75. The second-order valence-electron chi connectivity index (χ2n) is 7.10. The van der Waals surface area contributed by atoms with Crippen LogP contribution in [0.2, 0.25) is 0 Å². The van der Waals surface area contributed by atoms with Crippen molar-refractivity contribution >= 4 is 5.97 Å². The van der Waals surface area contributed by atoms with Gasteiger partial charge in [-0.2, -0.15) is 0 Å². The van der Waals surface area contributed by atoms with E-state index < -0.39 is 0 Å². The van der Waals surface area contributed by atoms with Gasteiger partial charge in [-0.25, -0.2) is 0 Å². The Kier molecular flexibility index (Phi) is 7.02. The number of carbonyl (C=O) groups is 1. The lowest BCUT2D eigenvalue weighted by molar-refractivity contribution is -0.185. The van der Waals surface area contributed by atoms with Gasteiger partial charge in [-0.15, -0.1) is 0 Å². The third-order valence-electron chi connectivity index (χ3n) is 4.76. The molecule has 1 aliphatic rings. The van der Waals surface area contributed by atoms with Crippen molar-refractivity contribution in [3.8, 4) is 16.9 Å². The Morgan fingerprint density at radius 1 is 1.07 bits per heavy atom. The fourth-order valence-corrected chi connectivity index (χ4v) is 3.26. The molecule has 4 heteroatoms. The molecule has 0 N–H and O–H groups in total. The maximum Gasteiger partial charge on any atom is 0.308 e. The third-order valence-corrected chi connectivity index (χ3v) is 4.76. The number of hydrogen-bond donors (Lipinski definition) is 0. The number of hydrogen-bond acceptors (Lipinski definition) is 4. The number of esters is 1. The zero-order valence-corrected chi connectivity index (χ0v) is 16.1. The Labute approximate surface area is 161 Å². The average molecular weight is 368 g/mol. The predicted octanol–water partition coefficient (Wildman–Crippen LogP) is 5.14. The third kappa shape index (κ3) is 6.19. The van der Waals surface area contributed by atoms with Crippen LogP contribution in [-0.2, 0) is 20.7 Å². The molecule has 2 aromatic rings. The Hall–Kier alpha value is -2.17. The van der Waals surface area contributed by atoms with Gasteiger partial charge in [0.25, 0.3) is 0 Å². The van der Waals surface area contributed by atoms with Crippen LogP contribution in [-0.4, -0.2) is 25.0 Å². The van der Waals surface area contributed by atoms with E-state index in [0.717, 1.165) is 43.4 Å². The van der Waals surface area contributed by atoms with Gasteiger partial charge in [0.2, 0.25) is 0 Å². The summed E-state index contributed by atoms with van der Waals surface area (Å²) in [4.78, 5) is 11.0. The Morgan fingerprint density at radius 3 is 2.33 bits per heavy atom. The minimum atomic E-state index is -0.305. The van der Waals surface area contributed by atoms with E-state index in [0.29, 0.717) is 5.75 Å². The van der Waals surface area contributed by atoms with E-state index in [1.807, 2.05) is 24.3 Å². The number of benzene rings is 2. The smallest absolute Gasteiger partial charge is 0.308 e. The summed E-state index contributed by atoms with van der Waals surface area (Å²) in [6.07, 6.45) is 5.49. The lowest BCUT2D eigenvalue weighted by Crippen LogP contribution is -2.26. The largest absolute Gasteiger partial charge is 0.427 e. The number of aryl methyl sites for hydroxylation is 1. The Balaban J connectivity index is 1.50. The predicted molar refractivity (Wildman–Crippen MR) is 106 cm³/mol. The molecule has 0 aliphatic carbocycles.